The second kappa shape index (κ2) is 5.95. The molecular formula is C12H20N4O2. The van der Waals surface area contributed by atoms with Gasteiger partial charge in [-0.15, -0.1) is 5.10 Å². The van der Waals surface area contributed by atoms with E-state index in [1.807, 2.05) is 0 Å². The molecule has 1 aliphatic carbocycles. The lowest BCUT2D eigenvalue weighted by atomic mass is 9.79. The van der Waals surface area contributed by atoms with Gasteiger partial charge in [-0.05, 0) is 32.2 Å². The van der Waals surface area contributed by atoms with Crippen LogP contribution < -0.4 is 5.73 Å². The predicted molar refractivity (Wildman–Crippen MR) is 66.1 cm³/mol. The molecule has 18 heavy (non-hydrogen) atoms. The highest BCUT2D eigenvalue weighted by atomic mass is 16.5. The fraction of sp³-hybridized carbons (Fsp3) is 0.750. The smallest absolute Gasteiger partial charge is 0.378 e. The van der Waals surface area contributed by atoms with Crippen LogP contribution in [0.2, 0.25) is 0 Å². The van der Waals surface area contributed by atoms with Crippen LogP contribution in [0.4, 0.5) is 0 Å². The first-order valence-electron chi connectivity index (χ1n) is 6.55. The Hall–Kier alpha value is -1.43. The van der Waals surface area contributed by atoms with E-state index in [2.05, 4.69) is 15.2 Å². The minimum absolute atomic E-state index is 0.119. The molecule has 0 radical (unpaired) electrons. The van der Waals surface area contributed by atoms with Gasteiger partial charge in [0.1, 0.15) is 5.82 Å². The van der Waals surface area contributed by atoms with E-state index in [0.717, 1.165) is 18.7 Å². The zero-order valence-electron chi connectivity index (χ0n) is 10.7. The molecule has 6 heteroatoms. The Morgan fingerprint density at radius 1 is 1.50 bits per heavy atom. The summed E-state index contributed by atoms with van der Waals surface area (Å²) in [4.78, 5) is 15.8. The third-order valence-electron chi connectivity index (χ3n) is 3.52. The van der Waals surface area contributed by atoms with Crippen LogP contribution in [0.25, 0.3) is 0 Å². The number of H-pyrrole nitrogens is 1. The van der Waals surface area contributed by atoms with Gasteiger partial charge in [-0.3, -0.25) is 5.10 Å². The second-order valence-electron chi connectivity index (χ2n) is 4.65. The Balaban J connectivity index is 2.10. The van der Waals surface area contributed by atoms with Crippen molar-refractivity contribution in [3.05, 3.63) is 11.6 Å². The van der Waals surface area contributed by atoms with Gasteiger partial charge in [-0.25, -0.2) is 9.78 Å². The third-order valence-corrected chi connectivity index (χ3v) is 3.52. The Bertz CT molecular complexity index is 405. The molecule has 2 rings (SSSR count). The Kier molecular flexibility index (Phi) is 4.30. The Labute approximate surface area is 106 Å². The van der Waals surface area contributed by atoms with Crippen molar-refractivity contribution in [2.24, 2.45) is 11.7 Å². The first-order chi connectivity index (χ1) is 8.76. The normalized spacial score (nSPS) is 23.9. The topological polar surface area (TPSA) is 93.9 Å². The summed E-state index contributed by atoms with van der Waals surface area (Å²) in [5, 5.41) is 6.79. The molecule has 0 saturated heterocycles. The number of hydrogen-bond acceptors (Lipinski definition) is 5. The molecule has 0 spiro atoms. The van der Waals surface area contributed by atoms with Crippen LogP contribution >= 0.6 is 0 Å². The molecule has 1 heterocycles. The number of nitrogens with two attached hydrogens (primary N) is 1. The van der Waals surface area contributed by atoms with E-state index in [4.69, 9.17) is 10.5 Å². The molecule has 2 unspecified atom stereocenters. The maximum atomic E-state index is 11.5. The monoisotopic (exact) mass is 252 g/mol. The average Bonchev–Trinajstić information content (AvgIpc) is 2.88. The number of carbonyl (C=O) groups excluding carboxylic acids is 1. The predicted octanol–water partition coefficient (Wildman–Crippen LogP) is 1.21. The van der Waals surface area contributed by atoms with Crippen LogP contribution in [-0.4, -0.2) is 34.3 Å². The van der Waals surface area contributed by atoms with Crippen LogP contribution in [0.5, 0.6) is 0 Å². The third kappa shape index (κ3) is 2.69. The number of esters is 1. The van der Waals surface area contributed by atoms with E-state index in [1.165, 1.54) is 12.8 Å². The zero-order valence-corrected chi connectivity index (χ0v) is 10.7. The number of nitrogens with one attached hydrogen (secondary N) is 1. The highest BCUT2D eigenvalue weighted by molar-refractivity contribution is 5.84. The SMILES string of the molecule is CCOC(=O)c1n[nH]c(C2CCCCC2CN)n1. The Morgan fingerprint density at radius 3 is 3.00 bits per heavy atom. The number of hydrogen-bond donors (Lipinski definition) is 2. The molecule has 0 aliphatic heterocycles. The molecule has 0 aromatic carbocycles. The molecule has 1 saturated carbocycles. The molecule has 2 atom stereocenters. The van der Waals surface area contributed by atoms with Crippen molar-refractivity contribution in [3.8, 4) is 0 Å². The maximum Gasteiger partial charge on any atom is 0.378 e. The lowest BCUT2D eigenvalue weighted by molar-refractivity contribution is 0.0512. The molecule has 1 fully saturated rings. The van der Waals surface area contributed by atoms with Gasteiger partial charge in [0.05, 0.1) is 6.61 Å². The van der Waals surface area contributed by atoms with Gasteiger partial charge >= 0.3 is 5.97 Å². The van der Waals surface area contributed by atoms with Crippen molar-refractivity contribution in [1.29, 1.82) is 0 Å². The van der Waals surface area contributed by atoms with Crippen molar-refractivity contribution in [2.45, 2.75) is 38.5 Å². The number of nitrogens with zero attached hydrogens (tertiary/aromatic N) is 2. The van der Waals surface area contributed by atoms with Gasteiger partial charge in [0.15, 0.2) is 0 Å². The number of rotatable bonds is 4. The van der Waals surface area contributed by atoms with E-state index in [0.29, 0.717) is 25.0 Å². The Morgan fingerprint density at radius 2 is 2.28 bits per heavy atom. The molecule has 100 valence electrons. The summed E-state index contributed by atoms with van der Waals surface area (Å²) in [7, 11) is 0. The molecule has 3 N–H and O–H groups in total. The molecule has 1 aromatic heterocycles. The molecule has 6 nitrogen and oxygen atoms in total. The van der Waals surface area contributed by atoms with Gasteiger partial charge in [0.2, 0.25) is 0 Å². The second-order valence-corrected chi connectivity index (χ2v) is 4.65. The molecule has 0 bridgehead atoms. The van der Waals surface area contributed by atoms with Crippen molar-refractivity contribution in [3.63, 3.8) is 0 Å². The summed E-state index contributed by atoms with van der Waals surface area (Å²) in [6, 6.07) is 0. The summed E-state index contributed by atoms with van der Waals surface area (Å²) >= 11 is 0. The summed E-state index contributed by atoms with van der Waals surface area (Å²) < 4.78 is 4.87. The molecule has 1 aliphatic rings. The quantitative estimate of drug-likeness (QED) is 0.786. The van der Waals surface area contributed by atoms with Crippen molar-refractivity contribution >= 4 is 5.97 Å². The molecule has 1 aromatic rings. The van der Waals surface area contributed by atoms with Crippen LogP contribution in [-0.2, 0) is 4.74 Å². The summed E-state index contributed by atoms with van der Waals surface area (Å²) in [5.41, 5.74) is 5.79. The zero-order chi connectivity index (χ0) is 13.0. The summed E-state index contributed by atoms with van der Waals surface area (Å²) in [6.45, 7) is 2.74. The fourth-order valence-corrected chi connectivity index (χ4v) is 2.58. The van der Waals surface area contributed by atoms with E-state index < -0.39 is 5.97 Å². The lowest BCUT2D eigenvalue weighted by Crippen LogP contribution is -2.26. The highest BCUT2D eigenvalue weighted by Gasteiger charge is 2.28. The van der Waals surface area contributed by atoms with Crippen molar-refractivity contribution < 1.29 is 9.53 Å². The highest BCUT2D eigenvalue weighted by Crippen LogP contribution is 2.35. The number of aromatic nitrogens is 3. The largest absolute Gasteiger partial charge is 0.460 e. The molecule has 0 amide bonds. The first-order valence-corrected chi connectivity index (χ1v) is 6.55. The maximum absolute atomic E-state index is 11.5. The average molecular weight is 252 g/mol. The number of ether oxygens (including phenoxy) is 1. The number of carbonyl (C=O) groups is 1. The van der Waals surface area contributed by atoms with E-state index in [-0.39, 0.29) is 5.82 Å². The van der Waals surface area contributed by atoms with Crippen molar-refractivity contribution in [2.75, 3.05) is 13.2 Å². The van der Waals surface area contributed by atoms with E-state index in [9.17, 15) is 4.79 Å². The minimum atomic E-state index is -0.472. The molecular weight excluding hydrogens is 232 g/mol. The first kappa shape index (κ1) is 13.0. The summed E-state index contributed by atoms with van der Waals surface area (Å²) in [6.07, 6.45) is 4.57. The van der Waals surface area contributed by atoms with Gasteiger partial charge < -0.3 is 10.5 Å². The van der Waals surface area contributed by atoms with Crippen molar-refractivity contribution in [1.82, 2.24) is 15.2 Å². The van der Waals surface area contributed by atoms with Gasteiger partial charge in [0.25, 0.3) is 5.82 Å². The lowest BCUT2D eigenvalue weighted by Gasteiger charge is -2.28. The van der Waals surface area contributed by atoms with E-state index >= 15 is 0 Å². The van der Waals surface area contributed by atoms with Crippen LogP contribution in [0.15, 0.2) is 0 Å². The van der Waals surface area contributed by atoms with Gasteiger partial charge in [0, 0.05) is 5.92 Å². The van der Waals surface area contributed by atoms with Crippen LogP contribution in [0.1, 0.15) is 55.0 Å². The summed E-state index contributed by atoms with van der Waals surface area (Å²) in [5.74, 6) is 1.14. The minimum Gasteiger partial charge on any atom is -0.460 e. The number of aromatic amines is 1. The standard InChI is InChI=1S/C12H20N4O2/c1-2-18-12(17)11-14-10(15-16-11)9-6-4-3-5-8(9)7-13/h8-9H,2-7,13H2,1H3,(H,14,15,16). The fourth-order valence-electron chi connectivity index (χ4n) is 2.58. The van der Waals surface area contributed by atoms with Crippen LogP contribution in [0.3, 0.4) is 0 Å². The van der Waals surface area contributed by atoms with Gasteiger partial charge in [-0.2, -0.15) is 0 Å². The van der Waals surface area contributed by atoms with Gasteiger partial charge in [-0.1, -0.05) is 12.8 Å². The van der Waals surface area contributed by atoms with E-state index in [1.54, 1.807) is 6.92 Å². The van der Waals surface area contributed by atoms with Crippen LogP contribution in [0, 0.1) is 5.92 Å².